The Morgan fingerprint density at radius 3 is 2.57 bits per heavy atom. The molecule has 142 valence electrons. The minimum absolute atomic E-state index is 0.549. The maximum Gasteiger partial charge on any atom is 0.163 e. The van der Waals surface area contributed by atoms with Crippen LogP contribution in [0, 0.1) is 20.8 Å². The monoisotopic (exact) mass is 377 g/mol. The number of aromatic nitrogens is 4. The van der Waals surface area contributed by atoms with Crippen molar-refractivity contribution in [1.29, 1.82) is 0 Å². The smallest absolute Gasteiger partial charge is 0.163 e. The van der Waals surface area contributed by atoms with Crippen LogP contribution >= 0.6 is 0 Å². The van der Waals surface area contributed by atoms with Crippen LogP contribution in [0.1, 0.15) is 17.0 Å². The molecule has 0 amide bonds. The molecule has 8 nitrogen and oxygen atoms in total. The minimum Gasteiger partial charge on any atom is -0.486 e. The van der Waals surface area contributed by atoms with E-state index in [1.165, 1.54) is 0 Å². The van der Waals surface area contributed by atoms with Crippen LogP contribution in [0.15, 0.2) is 34.9 Å². The largest absolute Gasteiger partial charge is 0.486 e. The van der Waals surface area contributed by atoms with Gasteiger partial charge in [0, 0.05) is 35.1 Å². The van der Waals surface area contributed by atoms with Gasteiger partial charge in [0.25, 0.3) is 0 Å². The summed E-state index contributed by atoms with van der Waals surface area (Å²) in [5.41, 5.74) is 4.94. The zero-order chi connectivity index (χ0) is 19.3. The Labute approximate surface area is 161 Å². The van der Waals surface area contributed by atoms with Gasteiger partial charge in [-0.1, -0.05) is 5.16 Å². The van der Waals surface area contributed by atoms with Crippen LogP contribution in [0.25, 0.3) is 17.0 Å². The third kappa shape index (κ3) is 2.74. The molecule has 28 heavy (non-hydrogen) atoms. The molecule has 8 heteroatoms. The summed E-state index contributed by atoms with van der Waals surface area (Å²) in [6, 6.07) is 9.55. The van der Waals surface area contributed by atoms with Crippen molar-refractivity contribution >= 4 is 17.2 Å². The Morgan fingerprint density at radius 1 is 0.964 bits per heavy atom. The van der Waals surface area contributed by atoms with Gasteiger partial charge in [-0.05, 0) is 32.9 Å². The zero-order valence-electron chi connectivity index (χ0n) is 15.8. The average Bonchev–Trinajstić information content (AvgIpc) is 3.31. The number of aryl methyl sites for hydroxylation is 2. The van der Waals surface area contributed by atoms with E-state index in [4.69, 9.17) is 19.1 Å². The van der Waals surface area contributed by atoms with Crippen LogP contribution in [-0.2, 0) is 0 Å². The molecule has 0 spiro atoms. The van der Waals surface area contributed by atoms with E-state index in [0.717, 1.165) is 45.7 Å². The van der Waals surface area contributed by atoms with Crippen LogP contribution in [-0.4, -0.2) is 33.0 Å². The predicted molar refractivity (Wildman–Crippen MR) is 103 cm³/mol. The summed E-state index contributed by atoms with van der Waals surface area (Å²) in [7, 11) is 0. The first-order valence-corrected chi connectivity index (χ1v) is 9.06. The number of hydrogen-bond donors (Lipinski definition) is 1. The molecule has 0 saturated carbocycles. The first-order chi connectivity index (χ1) is 13.6. The Kier molecular flexibility index (Phi) is 3.71. The Bertz CT molecular complexity index is 1190. The van der Waals surface area contributed by atoms with E-state index in [0.29, 0.717) is 24.6 Å². The highest BCUT2D eigenvalue weighted by molar-refractivity contribution is 5.69. The molecule has 0 aliphatic carbocycles. The van der Waals surface area contributed by atoms with E-state index in [9.17, 15) is 0 Å². The first kappa shape index (κ1) is 16.6. The van der Waals surface area contributed by atoms with Crippen molar-refractivity contribution in [1.82, 2.24) is 19.8 Å². The molecule has 5 rings (SSSR count). The number of nitrogens with zero attached hydrogens (tertiary/aromatic N) is 4. The standard InChI is InChI=1S/C20H19N5O3/c1-11-8-16(24-28-11)15-10-19-21-13(3)12(2)20(25(19)23-15)22-14-4-5-17-18(9-14)27-7-6-26-17/h4-5,8-10,22H,6-7H2,1-3H3. The number of rotatable bonds is 3. The van der Waals surface area contributed by atoms with Crippen molar-refractivity contribution in [2.45, 2.75) is 20.8 Å². The van der Waals surface area contributed by atoms with E-state index < -0.39 is 0 Å². The van der Waals surface area contributed by atoms with Crippen molar-refractivity contribution in [2.24, 2.45) is 0 Å². The first-order valence-electron chi connectivity index (χ1n) is 9.06. The molecule has 0 saturated heterocycles. The predicted octanol–water partition coefficient (Wildman–Crippen LogP) is 3.82. The summed E-state index contributed by atoms with van der Waals surface area (Å²) in [6.07, 6.45) is 0. The number of anilines is 2. The Hall–Kier alpha value is -3.55. The molecule has 1 aromatic carbocycles. The second-order valence-electron chi connectivity index (χ2n) is 6.78. The maximum absolute atomic E-state index is 5.69. The fraction of sp³-hybridized carbons (Fsp3) is 0.250. The second-order valence-corrected chi connectivity index (χ2v) is 6.78. The molecule has 4 aromatic rings. The highest BCUT2D eigenvalue weighted by Gasteiger charge is 2.17. The third-order valence-electron chi connectivity index (χ3n) is 4.78. The lowest BCUT2D eigenvalue weighted by atomic mass is 10.2. The van der Waals surface area contributed by atoms with Gasteiger partial charge in [-0.2, -0.15) is 9.61 Å². The Balaban J connectivity index is 1.59. The summed E-state index contributed by atoms with van der Waals surface area (Å²) >= 11 is 0. The van der Waals surface area contributed by atoms with Crippen molar-refractivity contribution in [3.63, 3.8) is 0 Å². The van der Waals surface area contributed by atoms with E-state index in [1.807, 2.05) is 51.1 Å². The molecule has 0 atom stereocenters. The van der Waals surface area contributed by atoms with Gasteiger partial charge >= 0.3 is 0 Å². The Morgan fingerprint density at radius 2 is 1.79 bits per heavy atom. The number of ether oxygens (including phenoxy) is 2. The third-order valence-corrected chi connectivity index (χ3v) is 4.78. The van der Waals surface area contributed by atoms with Gasteiger partial charge in [0.2, 0.25) is 0 Å². The zero-order valence-corrected chi connectivity index (χ0v) is 15.8. The van der Waals surface area contributed by atoms with Crippen LogP contribution in [0.3, 0.4) is 0 Å². The lowest BCUT2D eigenvalue weighted by molar-refractivity contribution is 0.171. The van der Waals surface area contributed by atoms with E-state index in [2.05, 4.69) is 15.5 Å². The van der Waals surface area contributed by atoms with Gasteiger partial charge in [-0.25, -0.2) is 4.98 Å². The molecular formula is C20H19N5O3. The molecule has 0 radical (unpaired) electrons. The van der Waals surface area contributed by atoms with E-state index >= 15 is 0 Å². The van der Waals surface area contributed by atoms with Gasteiger partial charge in [0.05, 0.1) is 0 Å². The molecule has 0 fully saturated rings. The lowest BCUT2D eigenvalue weighted by Crippen LogP contribution is -2.15. The summed E-state index contributed by atoms with van der Waals surface area (Å²) in [6.45, 7) is 6.98. The maximum atomic E-state index is 5.69. The van der Waals surface area contributed by atoms with Gasteiger partial charge in [-0.3, -0.25) is 0 Å². The number of hydrogen-bond acceptors (Lipinski definition) is 7. The topological polar surface area (TPSA) is 86.7 Å². The normalized spacial score (nSPS) is 13.1. The molecule has 0 bridgehead atoms. The van der Waals surface area contributed by atoms with E-state index in [-0.39, 0.29) is 0 Å². The van der Waals surface area contributed by atoms with Crippen molar-refractivity contribution in [3.05, 3.63) is 47.3 Å². The highest BCUT2D eigenvalue weighted by Crippen LogP contribution is 2.34. The van der Waals surface area contributed by atoms with Gasteiger partial charge in [0.1, 0.15) is 36.2 Å². The summed E-state index contributed by atoms with van der Waals surface area (Å²) in [4.78, 5) is 4.66. The van der Waals surface area contributed by atoms with Crippen molar-refractivity contribution in [2.75, 3.05) is 18.5 Å². The quantitative estimate of drug-likeness (QED) is 0.581. The summed E-state index contributed by atoms with van der Waals surface area (Å²) in [5, 5.41) is 12.2. The highest BCUT2D eigenvalue weighted by atomic mass is 16.6. The van der Waals surface area contributed by atoms with Crippen LogP contribution in [0.5, 0.6) is 11.5 Å². The lowest BCUT2D eigenvalue weighted by Gasteiger charge is -2.20. The number of nitrogens with one attached hydrogen (secondary N) is 1. The van der Waals surface area contributed by atoms with Gasteiger partial charge in [-0.15, -0.1) is 0 Å². The fourth-order valence-electron chi connectivity index (χ4n) is 3.22. The van der Waals surface area contributed by atoms with Crippen molar-refractivity contribution < 1.29 is 14.0 Å². The summed E-state index contributed by atoms with van der Waals surface area (Å²) in [5.74, 6) is 3.06. The minimum atomic E-state index is 0.549. The molecule has 3 aromatic heterocycles. The molecule has 4 heterocycles. The SMILES string of the molecule is Cc1cc(-c2cc3nc(C)c(C)c(Nc4ccc5c(c4)OCCO5)n3n2)no1. The number of benzene rings is 1. The summed E-state index contributed by atoms with van der Waals surface area (Å²) < 4.78 is 18.3. The van der Waals surface area contributed by atoms with Crippen LogP contribution in [0.2, 0.25) is 0 Å². The van der Waals surface area contributed by atoms with E-state index in [1.54, 1.807) is 4.52 Å². The molecule has 1 aliphatic heterocycles. The van der Waals surface area contributed by atoms with Crippen molar-refractivity contribution in [3.8, 4) is 22.9 Å². The average molecular weight is 377 g/mol. The second kappa shape index (κ2) is 6.26. The molecule has 1 N–H and O–H groups in total. The van der Waals surface area contributed by atoms with Crippen LogP contribution in [0.4, 0.5) is 11.5 Å². The van der Waals surface area contributed by atoms with Gasteiger partial charge in [0.15, 0.2) is 17.1 Å². The fourth-order valence-corrected chi connectivity index (χ4v) is 3.22. The number of fused-ring (bicyclic) bond motifs is 2. The van der Waals surface area contributed by atoms with Crippen LogP contribution < -0.4 is 14.8 Å². The molecular weight excluding hydrogens is 358 g/mol. The molecule has 0 unspecified atom stereocenters. The molecule has 1 aliphatic rings. The van der Waals surface area contributed by atoms with Gasteiger partial charge < -0.3 is 19.3 Å².